The summed E-state index contributed by atoms with van der Waals surface area (Å²) in [4.78, 5) is 38.2. The van der Waals surface area contributed by atoms with Gasteiger partial charge >= 0.3 is 0 Å². The van der Waals surface area contributed by atoms with Gasteiger partial charge in [-0.15, -0.1) is 0 Å². The number of thioether (sulfide) groups is 1. The molecule has 3 amide bonds. The first-order valence-corrected chi connectivity index (χ1v) is 10.1. The van der Waals surface area contributed by atoms with Crippen molar-refractivity contribution in [2.75, 3.05) is 20.8 Å². The smallest absolute Gasteiger partial charge is 0.294 e. The molecule has 0 unspecified atom stereocenters. The second-order valence-electron chi connectivity index (χ2n) is 6.29. The van der Waals surface area contributed by atoms with Crippen LogP contribution in [0.2, 0.25) is 5.02 Å². The van der Waals surface area contributed by atoms with Gasteiger partial charge < -0.3 is 14.8 Å². The molecule has 1 fully saturated rings. The number of nitrogens with zero attached hydrogens (tertiary/aromatic N) is 1. The number of methoxy groups -OCH3 is 2. The topological polar surface area (TPSA) is 84.9 Å². The van der Waals surface area contributed by atoms with Crippen molar-refractivity contribution in [1.82, 2.24) is 10.2 Å². The molecule has 0 aromatic heterocycles. The molecule has 1 heterocycles. The van der Waals surface area contributed by atoms with Crippen LogP contribution in [0.3, 0.4) is 0 Å². The Labute approximate surface area is 183 Å². The van der Waals surface area contributed by atoms with Crippen LogP contribution < -0.4 is 14.8 Å². The lowest BCUT2D eigenvalue weighted by Crippen LogP contribution is -2.39. The van der Waals surface area contributed by atoms with E-state index in [1.54, 1.807) is 43.5 Å². The highest BCUT2D eigenvalue weighted by molar-refractivity contribution is 8.18. The van der Waals surface area contributed by atoms with Crippen molar-refractivity contribution in [3.8, 4) is 11.5 Å². The number of rotatable bonds is 7. The third kappa shape index (κ3) is 5.14. The number of hydrogen-bond acceptors (Lipinski definition) is 6. The number of nitrogens with one attached hydrogen (secondary N) is 1. The van der Waals surface area contributed by atoms with E-state index in [1.165, 1.54) is 7.11 Å². The fraction of sp³-hybridized carbons (Fsp3) is 0.190. The molecule has 7 nitrogen and oxygen atoms in total. The highest BCUT2D eigenvalue weighted by Crippen LogP contribution is 2.33. The maximum Gasteiger partial charge on any atom is 0.294 e. The Morgan fingerprint density at radius 1 is 1.13 bits per heavy atom. The molecule has 1 saturated heterocycles. The molecule has 1 N–H and O–H groups in total. The Balaban J connectivity index is 1.61. The van der Waals surface area contributed by atoms with Gasteiger partial charge in [0.2, 0.25) is 5.91 Å². The Hall–Kier alpha value is -2.97. The predicted octanol–water partition coefficient (Wildman–Crippen LogP) is 3.71. The largest absolute Gasteiger partial charge is 0.497 e. The van der Waals surface area contributed by atoms with Crippen LogP contribution in [0, 0.1) is 0 Å². The van der Waals surface area contributed by atoms with Crippen molar-refractivity contribution < 1.29 is 23.9 Å². The minimum atomic E-state index is -0.517. The minimum Gasteiger partial charge on any atom is -0.497 e. The van der Waals surface area contributed by atoms with Gasteiger partial charge in [0.05, 0.1) is 24.1 Å². The lowest BCUT2D eigenvalue weighted by molar-refractivity contribution is -0.129. The zero-order valence-electron chi connectivity index (χ0n) is 16.3. The third-order valence-corrected chi connectivity index (χ3v) is 5.50. The van der Waals surface area contributed by atoms with Gasteiger partial charge in [-0.05, 0) is 53.2 Å². The van der Waals surface area contributed by atoms with Gasteiger partial charge in [0, 0.05) is 6.54 Å². The van der Waals surface area contributed by atoms with Gasteiger partial charge in [-0.2, -0.15) is 0 Å². The SMILES string of the molecule is COc1ccc(CNC(=O)CN2C(=O)S/C(=C\c3ccc(OC)c(Cl)c3)C2=O)cc1. The van der Waals surface area contributed by atoms with E-state index in [-0.39, 0.29) is 18.0 Å². The quantitative estimate of drug-likeness (QED) is 0.652. The van der Waals surface area contributed by atoms with Crippen LogP contribution in [0.4, 0.5) is 4.79 Å². The van der Waals surface area contributed by atoms with Crippen molar-refractivity contribution in [1.29, 1.82) is 0 Å². The molecule has 1 aliphatic heterocycles. The maximum absolute atomic E-state index is 12.6. The summed E-state index contributed by atoms with van der Waals surface area (Å²) in [5.74, 6) is 0.279. The first-order chi connectivity index (χ1) is 14.4. The lowest BCUT2D eigenvalue weighted by Gasteiger charge is -2.12. The number of amides is 3. The molecule has 0 saturated carbocycles. The van der Waals surface area contributed by atoms with Crippen LogP contribution in [0.25, 0.3) is 6.08 Å². The predicted molar refractivity (Wildman–Crippen MR) is 116 cm³/mol. The Morgan fingerprint density at radius 2 is 1.87 bits per heavy atom. The molecular formula is C21H19ClN2O5S. The molecule has 0 atom stereocenters. The average molecular weight is 447 g/mol. The molecule has 30 heavy (non-hydrogen) atoms. The second-order valence-corrected chi connectivity index (χ2v) is 7.69. The number of carbonyl (C=O) groups is 3. The minimum absolute atomic E-state index is 0.226. The van der Waals surface area contributed by atoms with E-state index in [1.807, 2.05) is 12.1 Å². The number of halogens is 1. The normalized spacial score (nSPS) is 14.9. The van der Waals surface area contributed by atoms with E-state index >= 15 is 0 Å². The summed E-state index contributed by atoms with van der Waals surface area (Å²) in [6, 6.07) is 12.2. The van der Waals surface area contributed by atoms with Crippen molar-refractivity contribution in [3.05, 3.63) is 63.5 Å². The van der Waals surface area contributed by atoms with E-state index in [0.29, 0.717) is 22.1 Å². The van der Waals surface area contributed by atoms with Gasteiger partial charge in [0.1, 0.15) is 18.0 Å². The van der Waals surface area contributed by atoms with Crippen LogP contribution in [0.15, 0.2) is 47.4 Å². The molecule has 2 aromatic rings. The highest BCUT2D eigenvalue weighted by Gasteiger charge is 2.36. The number of carbonyl (C=O) groups excluding carboxylic acids is 3. The van der Waals surface area contributed by atoms with Crippen molar-refractivity contribution >= 4 is 46.5 Å². The zero-order valence-corrected chi connectivity index (χ0v) is 17.9. The molecule has 3 rings (SSSR count). The van der Waals surface area contributed by atoms with Crippen LogP contribution in [0.5, 0.6) is 11.5 Å². The van der Waals surface area contributed by atoms with E-state index in [9.17, 15) is 14.4 Å². The summed E-state index contributed by atoms with van der Waals surface area (Å²) in [7, 11) is 3.08. The molecular weight excluding hydrogens is 428 g/mol. The first-order valence-electron chi connectivity index (χ1n) is 8.90. The van der Waals surface area contributed by atoms with Gasteiger partial charge in [0.15, 0.2) is 0 Å². The summed E-state index contributed by atoms with van der Waals surface area (Å²) in [6.45, 7) is -0.0687. The van der Waals surface area contributed by atoms with Crippen LogP contribution in [0.1, 0.15) is 11.1 Å². The molecule has 9 heteroatoms. The van der Waals surface area contributed by atoms with Gasteiger partial charge in [-0.25, -0.2) is 0 Å². The highest BCUT2D eigenvalue weighted by atomic mass is 35.5. The Morgan fingerprint density at radius 3 is 2.50 bits per heavy atom. The summed E-state index contributed by atoms with van der Waals surface area (Å²) in [6.07, 6.45) is 1.56. The molecule has 156 valence electrons. The summed E-state index contributed by atoms with van der Waals surface area (Å²) < 4.78 is 10.2. The monoisotopic (exact) mass is 446 g/mol. The second kappa shape index (κ2) is 9.69. The van der Waals surface area contributed by atoms with Gasteiger partial charge in [-0.1, -0.05) is 29.8 Å². The van der Waals surface area contributed by atoms with Crippen LogP contribution in [-0.2, 0) is 16.1 Å². The molecule has 2 aromatic carbocycles. The van der Waals surface area contributed by atoms with Crippen molar-refractivity contribution in [3.63, 3.8) is 0 Å². The van der Waals surface area contributed by atoms with Gasteiger partial charge in [-0.3, -0.25) is 19.3 Å². The fourth-order valence-corrected chi connectivity index (χ4v) is 3.81. The van der Waals surface area contributed by atoms with E-state index in [4.69, 9.17) is 21.1 Å². The fourth-order valence-electron chi connectivity index (χ4n) is 2.70. The first kappa shape index (κ1) is 21.7. The van der Waals surface area contributed by atoms with E-state index in [2.05, 4.69) is 5.32 Å². The maximum atomic E-state index is 12.6. The number of benzene rings is 2. The van der Waals surface area contributed by atoms with Crippen molar-refractivity contribution in [2.24, 2.45) is 0 Å². The Kier molecular flexibility index (Phi) is 7.02. The van der Waals surface area contributed by atoms with E-state index < -0.39 is 17.1 Å². The number of ether oxygens (including phenoxy) is 2. The summed E-state index contributed by atoms with van der Waals surface area (Å²) in [5.41, 5.74) is 1.52. The van der Waals surface area contributed by atoms with Crippen LogP contribution >= 0.6 is 23.4 Å². The van der Waals surface area contributed by atoms with Crippen molar-refractivity contribution in [2.45, 2.75) is 6.54 Å². The molecule has 0 spiro atoms. The average Bonchev–Trinajstić information content (AvgIpc) is 3.00. The summed E-state index contributed by atoms with van der Waals surface area (Å²) >= 11 is 6.88. The molecule has 0 radical (unpaired) electrons. The molecule has 1 aliphatic rings. The molecule has 0 aliphatic carbocycles. The third-order valence-electron chi connectivity index (χ3n) is 4.30. The number of hydrogen-bond donors (Lipinski definition) is 1. The van der Waals surface area contributed by atoms with E-state index in [0.717, 1.165) is 22.2 Å². The molecule has 0 bridgehead atoms. The van der Waals surface area contributed by atoms with Gasteiger partial charge in [0.25, 0.3) is 11.1 Å². The zero-order chi connectivity index (χ0) is 21.7. The standard InChI is InChI=1S/C21H19ClN2O5S/c1-28-15-6-3-13(4-7-15)11-23-19(25)12-24-20(26)18(30-21(24)27)10-14-5-8-17(29-2)16(22)9-14/h3-10H,11-12H2,1-2H3,(H,23,25)/b18-10-. The number of imide groups is 1. The summed E-state index contributed by atoms with van der Waals surface area (Å²) in [5, 5.41) is 2.60. The lowest BCUT2D eigenvalue weighted by atomic mass is 10.2. The Bertz CT molecular complexity index is 1010. The van der Waals surface area contributed by atoms with Crippen LogP contribution in [-0.4, -0.2) is 42.7 Å².